The number of pyridine rings is 1. The molecule has 1 aromatic carbocycles. The SMILES string of the molecule is C[C@@H](c1ccncc1)N(C)C(=O)Nc1ccc(C#N)c(C(F)(F)F)c1. The molecule has 25 heavy (non-hydrogen) atoms. The molecule has 5 nitrogen and oxygen atoms in total. The lowest BCUT2D eigenvalue weighted by Crippen LogP contribution is -2.33. The van der Waals surface area contributed by atoms with Crippen LogP contribution in [0.2, 0.25) is 0 Å². The molecular weight excluding hydrogens is 333 g/mol. The van der Waals surface area contributed by atoms with E-state index in [0.29, 0.717) is 0 Å². The van der Waals surface area contributed by atoms with Crippen LogP contribution in [-0.2, 0) is 6.18 Å². The van der Waals surface area contributed by atoms with Crippen LogP contribution in [0.4, 0.5) is 23.7 Å². The van der Waals surface area contributed by atoms with Gasteiger partial charge in [0.05, 0.1) is 23.2 Å². The van der Waals surface area contributed by atoms with Crippen molar-refractivity contribution in [2.24, 2.45) is 0 Å². The fourth-order valence-corrected chi connectivity index (χ4v) is 2.21. The number of nitrogens with zero attached hydrogens (tertiary/aromatic N) is 3. The number of carbonyl (C=O) groups is 1. The summed E-state index contributed by atoms with van der Waals surface area (Å²) >= 11 is 0. The first-order chi connectivity index (χ1) is 11.7. The smallest absolute Gasteiger partial charge is 0.321 e. The van der Waals surface area contributed by atoms with Crippen LogP contribution in [-0.4, -0.2) is 23.0 Å². The van der Waals surface area contributed by atoms with Crippen molar-refractivity contribution in [2.75, 3.05) is 12.4 Å². The predicted octanol–water partition coefficient (Wildman–Crippen LogP) is 4.20. The van der Waals surface area contributed by atoms with Crippen molar-refractivity contribution < 1.29 is 18.0 Å². The van der Waals surface area contributed by atoms with Crippen LogP contribution >= 0.6 is 0 Å². The summed E-state index contributed by atoms with van der Waals surface area (Å²) in [6, 6.07) is 7.17. The molecule has 2 rings (SSSR count). The normalized spacial score (nSPS) is 12.2. The van der Waals surface area contributed by atoms with Gasteiger partial charge >= 0.3 is 12.2 Å². The van der Waals surface area contributed by atoms with Crippen LogP contribution in [0.1, 0.15) is 29.7 Å². The van der Waals surface area contributed by atoms with E-state index in [1.807, 2.05) is 0 Å². The number of urea groups is 1. The highest BCUT2D eigenvalue weighted by molar-refractivity contribution is 5.89. The molecule has 0 saturated carbocycles. The van der Waals surface area contributed by atoms with Crippen LogP contribution in [0.3, 0.4) is 0 Å². The van der Waals surface area contributed by atoms with Gasteiger partial charge in [-0.3, -0.25) is 4.98 Å². The van der Waals surface area contributed by atoms with Gasteiger partial charge in [-0.2, -0.15) is 18.4 Å². The Morgan fingerprint density at radius 3 is 2.48 bits per heavy atom. The summed E-state index contributed by atoms with van der Waals surface area (Å²) in [5, 5.41) is 11.2. The van der Waals surface area contributed by atoms with Crippen LogP contribution in [0.5, 0.6) is 0 Å². The van der Waals surface area contributed by atoms with Gasteiger partial charge in [-0.1, -0.05) is 0 Å². The topological polar surface area (TPSA) is 69.0 Å². The highest BCUT2D eigenvalue weighted by atomic mass is 19.4. The molecule has 0 saturated heterocycles. The molecular formula is C17H15F3N4O. The van der Waals surface area contributed by atoms with Crippen LogP contribution < -0.4 is 5.32 Å². The fourth-order valence-electron chi connectivity index (χ4n) is 2.21. The number of benzene rings is 1. The Morgan fingerprint density at radius 2 is 1.92 bits per heavy atom. The Balaban J connectivity index is 2.19. The monoisotopic (exact) mass is 348 g/mol. The first kappa shape index (κ1) is 18.3. The molecule has 0 unspecified atom stereocenters. The number of nitrogens with one attached hydrogen (secondary N) is 1. The Bertz CT molecular complexity index is 800. The van der Waals surface area contributed by atoms with E-state index in [1.54, 1.807) is 31.5 Å². The second-order valence-electron chi connectivity index (χ2n) is 5.37. The van der Waals surface area contributed by atoms with Gasteiger partial charge in [-0.05, 0) is 42.8 Å². The van der Waals surface area contributed by atoms with Gasteiger partial charge in [0, 0.05) is 25.1 Å². The maximum absolute atomic E-state index is 13.0. The zero-order valence-electron chi connectivity index (χ0n) is 13.5. The van der Waals surface area contributed by atoms with Crippen molar-refractivity contribution in [3.8, 4) is 6.07 Å². The third-order valence-electron chi connectivity index (χ3n) is 3.79. The number of amides is 2. The van der Waals surface area contributed by atoms with E-state index in [-0.39, 0.29) is 11.7 Å². The number of hydrogen-bond acceptors (Lipinski definition) is 3. The number of anilines is 1. The van der Waals surface area contributed by atoms with Gasteiger partial charge < -0.3 is 10.2 Å². The summed E-state index contributed by atoms with van der Waals surface area (Å²) in [5.41, 5.74) is -0.782. The molecule has 8 heteroatoms. The molecule has 130 valence electrons. The van der Waals surface area contributed by atoms with Gasteiger partial charge in [-0.15, -0.1) is 0 Å². The first-order valence-electron chi connectivity index (χ1n) is 7.29. The average molecular weight is 348 g/mol. The lowest BCUT2D eigenvalue weighted by atomic mass is 10.1. The number of carbonyl (C=O) groups excluding carboxylic acids is 1. The summed E-state index contributed by atoms with van der Waals surface area (Å²) in [5.74, 6) is 0. The van der Waals surface area contributed by atoms with Crippen molar-refractivity contribution in [3.05, 3.63) is 59.4 Å². The second-order valence-corrected chi connectivity index (χ2v) is 5.37. The van der Waals surface area contributed by atoms with E-state index < -0.39 is 23.3 Å². The van der Waals surface area contributed by atoms with Crippen molar-refractivity contribution >= 4 is 11.7 Å². The molecule has 2 amide bonds. The molecule has 1 aromatic heterocycles. The van der Waals surface area contributed by atoms with Gasteiger partial charge in [0.15, 0.2) is 0 Å². The van der Waals surface area contributed by atoms with Gasteiger partial charge in [0.25, 0.3) is 0 Å². The molecule has 0 fully saturated rings. The summed E-state index contributed by atoms with van der Waals surface area (Å²) in [6.07, 6.45) is -1.50. The summed E-state index contributed by atoms with van der Waals surface area (Å²) in [7, 11) is 1.54. The lowest BCUT2D eigenvalue weighted by molar-refractivity contribution is -0.137. The van der Waals surface area contributed by atoms with Crippen LogP contribution in [0.25, 0.3) is 0 Å². The summed E-state index contributed by atoms with van der Waals surface area (Å²) < 4.78 is 38.9. The minimum absolute atomic E-state index is 0.0369. The minimum Gasteiger partial charge on any atom is -0.321 e. The molecule has 0 aliphatic rings. The maximum atomic E-state index is 13.0. The number of nitriles is 1. The Kier molecular flexibility index (Phi) is 5.27. The molecule has 0 aliphatic carbocycles. The van der Waals surface area contributed by atoms with E-state index >= 15 is 0 Å². The Morgan fingerprint density at radius 1 is 1.28 bits per heavy atom. The molecule has 1 atom stereocenters. The quantitative estimate of drug-likeness (QED) is 0.904. The van der Waals surface area contributed by atoms with Gasteiger partial charge in [0.2, 0.25) is 0 Å². The molecule has 0 radical (unpaired) electrons. The molecule has 0 aliphatic heterocycles. The lowest BCUT2D eigenvalue weighted by Gasteiger charge is -2.25. The number of hydrogen-bond donors (Lipinski definition) is 1. The van der Waals surface area contributed by atoms with E-state index in [0.717, 1.165) is 17.7 Å². The molecule has 2 aromatic rings. The Labute approximate surface area is 142 Å². The molecule has 1 N–H and O–H groups in total. The second kappa shape index (κ2) is 7.21. The summed E-state index contributed by atoms with van der Waals surface area (Å²) in [4.78, 5) is 17.6. The van der Waals surface area contributed by atoms with E-state index in [9.17, 15) is 18.0 Å². The highest BCUT2D eigenvalue weighted by Crippen LogP contribution is 2.33. The molecule has 0 spiro atoms. The van der Waals surface area contributed by atoms with Crippen molar-refractivity contribution in [3.63, 3.8) is 0 Å². The highest BCUT2D eigenvalue weighted by Gasteiger charge is 2.34. The molecule has 0 bridgehead atoms. The zero-order chi connectivity index (χ0) is 18.6. The van der Waals surface area contributed by atoms with Crippen LogP contribution in [0.15, 0.2) is 42.7 Å². The van der Waals surface area contributed by atoms with Crippen LogP contribution in [0, 0.1) is 11.3 Å². The number of aromatic nitrogens is 1. The number of halogens is 3. The maximum Gasteiger partial charge on any atom is 0.417 e. The third kappa shape index (κ3) is 4.26. The van der Waals surface area contributed by atoms with E-state index in [2.05, 4.69) is 10.3 Å². The fraction of sp³-hybridized carbons (Fsp3) is 0.235. The van der Waals surface area contributed by atoms with Crippen molar-refractivity contribution in [2.45, 2.75) is 19.1 Å². The minimum atomic E-state index is -4.68. The third-order valence-corrected chi connectivity index (χ3v) is 3.79. The Hall–Kier alpha value is -3.08. The average Bonchev–Trinajstić information content (AvgIpc) is 2.60. The number of alkyl halides is 3. The van der Waals surface area contributed by atoms with E-state index in [1.165, 1.54) is 24.1 Å². The van der Waals surface area contributed by atoms with E-state index in [4.69, 9.17) is 5.26 Å². The summed E-state index contributed by atoms with van der Waals surface area (Å²) in [6.45, 7) is 1.79. The predicted molar refractivity (Wildman–Crippen MR) is 85.6 cm³/mol. The first-order valence-corrected chi connectivity index (χ1v) is 7.29. The van der Waals surface area contributed by atoms with Gasteiger partial charge in [0.1, 0.15) is 0 Å². The zero-order valence-corrected chi connectivity index (χ0v) is 13.5. The number of rotatable bonds is 3. The van der Waals surface area contributed by atoms with Crippen molar-refractivity contribution in [1.82, 2.24) is 9.88 Å². The molecule has 1 heterocycles. The van der Waals surface area contributed by atoms with Crippen molar-refractivity contribution in [1.29, 1.82) is 5.26 Å². The standard InChI is InChI=1S/C17H15F3N4O/c1-11(12-5-7-22-8-6-12)24(2)16(25)23-14-4-3-13(10-21)15(9-14)17(18,19)20/h3-9,11H,1-2H3,(H,23,25)/t11-/m0/s1. The largest absolute Gasteiger partial charge is 0.417 e. The van der Waals surface area contributed by atoms with Gasteiger partial charge in [-0.25, -0.2) is 4.79 Å².